The summed E-state index contributed by atoms with van der Waals surface area (Å²) in [4.78, 5) is 12.8. The molecule has 2 rings (SSSR count). The summed E-state index contributed by atoms with van der Waals surface area (Å²) in [6.07, 6.45) is 1.91. The zero-order valence-electron chi connectivity index (χ0n) is 10.7. The van der Waals surface area contributed by atoms with E-state index in [0.29, 0.717) is 5.57 Å². The van der Waals surface area contributed by atoms with Crippen molar-refractivity contribution in [2.75, 3.05) is 0 Å². The number of Topliss-reactive ketones (excluding diaryl/α,β-unsaturated/α-hetero) is 1. The fraction of sp³-hybridized carbons (Fsp3) is 0.0625. The van der Waals surface area contributed by atoms with Crippen molar-refractivity contribution >= 4 is 29.4 Å². The molecule has 0 heterocycles. The Morgan fingerprint density at radius 1 is 1.05 bits per heavy atom. The molecule has 2 aromatic carbocycles. The number of hydrogen-bond donors (Lipinski definition) is 1. The van der Waals surface area contributed by atoms with Gasteiger partial charge in [0.2, 0.25) is 0 Å². The maximum atomic E-state index is 11.8. The molecule has 0 fully saturated rings. The first-order valence-corrected chi connectivity index (χ1v) is 6.83. The molecular formula is C16H15NOS. The lowest BCUT2D eigenvalue weighted by atomic mass is 10.00. The second-order valence-electron chi connectivity index (χ2n) is 4.17. The molecule has 0 saturated carbocycles. The molecule has 96 valence electrons. The number of ketones is 1. The smallest absolute Gasteiger partial charge is 0.160 e. The lowest BCUT2D eigenvalue weighted by molar-refractivity contribution is -0.111. The van der Waals surface area contributed by atoms with Crippen molar-refractivity contribution in [1.29, 1.82) is 0 Å². The molecule has 0 saturated heterocycles. The average molecular weight is 269 g/mol. The highest BCUT2D eigenvalue weighted by Gasteiger charge is 2.06. The highest BCUT2D eigenvalue weighted by molar-refractivity contribution is 7.97. The van der Waals surface area contributed by atoms with Crippen molar-refractivity contribution < 1.29 is 4.79 Å². The molecule has 0 aliphatic rings. The number of rotatable bonds is 4. The summed E-state index contributed by atoms with van der Waals surface area (Å²) >= 11 is 1.21. The third-order valence-corrected chi connectivity index (χ3v) is 3.34. The van der Waals surface area contributed by atoms with Gasteiger partial charge in [-0.2, -0.15) is 0 Å². The Labute approximate surface area is 117 Å². The predicted molar refractivity (Wildman–Crippen MR) is 81.5 cm³/mol. The number of hydrogen-bond acceptors (Lipinski definition) is 3. The van der Waals surface area contributed by atoms with Gasteiger partial charge in [0.05, 0.1) is 0 Å². The molecule has 0 amide bonds. The van der Waals surface area contributed by atoms with E-state index in [2.05, 4.69) is 0 Å². The topological polar surface area (TPSA) is 43.1 Å². The Morgan fingerprint density at radius 3 is 2.21 bits per heavy atom. The zero-order chi connectivity index (χ0) is 13.7. The van der Waals surface area contributed by atoms with Gasteiger partial charge in [-0.3, -0.25) is 9.93 Å². The van der Waals surface area contributed by atoms with Gasteiger partial charge in [-0.05, 0) is 48.2 Å². The Balaban J connectivity index is 2.38. The van der Waals surface area contributed by atoms with Gasteiger partial charge >= 0.3 is 0 Å². The monoisotopic (exact) mass is 269 g/mol. The van der Waals surface area contributed by atoms with Gasteiger partial charge in [0.25, 0.3) is 0 Å². The third kappa shape index (κ3) is 3.56. The van der Waals surface area contributed by atoms with Gasteiger partial charge in [-0.15, -0.1) is 0 Å². The third-order valence-electron chi connectivity index (χ3n) is 2.79. The zero-order valence-corrected chi connectivity index (χ0v) is 11.5. The molecule has 0 bridgehead atoms. The molecule has 0 aliphatic carbocycles. The summed E-state index contributed by atoms with van der Waals surface area (Å²) in [6.45, 7) is 1.59. The van der Waals surface area contributed by atoms with Crippen molar-refractivity contribution in [3.8, 4) is 0 Å². The summed E-state index contributed by atoms with van der Waals surface area (Å²) in [5.74, 6) is 0.0588. The van der Waals surface area contributed by atoms with Crippen LogP contribution in [-0.2, 0) is 4.79 Å². The maximum Gasteiger partial charge on any atom is 0.160 e. The number of carbonyl (C=O) groups is 1. The fourth-order valence-electron chi connectivity index (χ4n) is 1.82. The largest absolute Gasteiger partial charge is 0.294 e. The quantitative estimate of drug-likeness (QED) is 0.522. The highest BCUT2D eigenvalue weighted by atomic mass is 32.2. The van der Waals surface area contributed by atoms with Crippen molar-refractivity contribution in [2.24, 2.45) is 5.14 Å². The van der Waals surface area contributed by atoms with E-state index in [9.17, 15) is 4.79 Å². The van der Waals surface area contributed by atoms with Gasteiger partial charge < -0.3 is 0 Å². The van der Waals surface area contributed by atoms with Crippen LogP contribution in [0, 0.1) is 0 Å². The maximum absolute atomic E-state index is 11.8. The average Bonchev–Trinajstić information content (AvgIpc) is 2.46. The molecule has 3 heteroatoms. The van der Waals surface area contributed by atoms with E-state index in [1.165, 1.54) is 11.9 Å². The van der Waals surface area contributed by atoms with Crippen LogP contribution in [0.25, 0.3) is 11.6 Å². The Kier molecular flexibility index (Phi) is 4.55. The summed E-state index contributed by atoms with van der Waals surface area (Å²) in [5, 5.41) is 5.49. The van der Waals surface area contributed by atoms with Crippen molar-refractivity contribution in [3.63, 3.8) is 0 Å². The number of carbonyl (C=O) groups excluding carboxylic acids is 1. The molecule has 2 N–H and O–H groups in total. The summed E-state index contributed by atoms with van der Waals surface area (Å²) in [5.41, 5.74) is 2.65. The molecule has 0 radical (unpaired) electrons. The van der Waals surface area contributed by atoms with E-state index in [-0.39, 0.29) is 5.78 Å². The SMILES string of the molecule is CC(=O)/C(=C/c1ccc(SN)cc1)c1ccccc1. The van der Waals surface area contributed by atoms with Crippen molar-refractivity contribution in [3.05, 3.63) is 65.7 Å². The van der Waals surface area contributed by atoms with Crippen LogP contribution in [0.15, 0.2) is 59.5 Å². The Bertz CT molecular complexity index is 588. The van der Waals surface area contributed by atoms with E-state index in [0.717, 1.165) is 16.0 Å². The minimum atomic E-state index is 0.0588. The Hall–Kier alpha value is -1.84. The minimum absolute atomic E-state index is 0.0588. The highest BCUT2D eigenvalue weighted by Crippen LogP contribution is 2.20. The second-order valence-corrected chi connectivity index (χ2v) is 4.87. The normalized spacial score (nSPS) is 11.4. The van der Waals surface area contributed by atoms with Crippen molar-refractivity contribution in [1.82, 2.24) is 0 Å². The first kappa shape index (κ1) is 13.6. The van der Waals surface area contributed by atoms with Gasteiger partial charge in [-0.25, -0.2) is 0 Å². The van der Waals surface area contributed by atoms with Crippen LogP contribution in [0.2, 0.25) is 0 Å². The van der Waals surface area contributed by atoms with Crippen LogP contribution in [0.5, 0.6) is 0 Å². The van der Waals surface area contributed by atoms with Crippen LogP contribution >= 0.6 is 11.9 Å². The van der Waals surface area contributed by atoms with Crippen LogP contribution in [-0.4, -0.2) is 5.78 Å². The lowest BCUT2D eigenvalue weighted by Gasteiger charge is -2.04. The van der Waals surface area contributed by atoms with Crippen molar-refractivity contribution in [2.45, 2.75) is 11.8 Å². The summed E-state index contributed by atoms with van der Waals surface area (Å²) in [7, 11) is 0. The van der Waals surface area contributed by atoms with Gasteiger partial charge in [-0.1, -0.05) is 42.5 Å². The molecule has 2 nitrogen and oxygen atoms in total. The van der Waals surface area contributed by atoms with Crippen LogP contribution in [0.4, 0.5) is 0 Å². The van der Waals surface area contributed by atoms with E-state index < -0.39 is 0 Å². The fourth-order valence-corrected chi connectivity index (χ4v) is 2.11. The number of nitrogens with two attached hydrogens (primary N) is 1. The van der Waals surface area contributed by atoms with Gasteiger partial charge in [0.1, 0.15) is 0 Å². The van der Waals surface area contributed by atoms with E-state index >= 15 is 0 Å². The van der Waals surface area contributed by atoms with E-state index in [4.69, 9.17) is 5.14 Å². The van der Waals surface area contributed by atoms with Crippen LogP contribution in [0.1, 0.15) is 18.1 Å². The van der Waals surface area contributed by atoms with Crippen LogP contribution < -0.4 is 5.14 Å². The van der Waals surface area contributed by atoms with E-state index in [1.54, 1.807) is 6.92 Å². The van der Waals surface area contributed by atoms with Gasteiger partial charge in [0, 0.05) is 10.5 Å². The first-order valence-electron chi connectivity index (χ1n) is 5.95. The minimum Gasteiger partial charge on any atom is -0.294 e. The number of allylic oxidation sites excluding steroid dienone is 1. The molecule has 19 heavy (non-hydrogen) atoms. The predicted octanol–water partition coefficient (Wildman–Crippen LogP) is 3.78. The second kappa shape index (κ2) is 6.36. The molecule has 2 aromatic rings. The van der Waals surface area contributed by atoms with E-state index in [1.807, 2.05) is 60.7 Å². The summed E-state index contributed by atoms with van der Waals surface area (Å²) in [6, 6.07) is 17.5. The van der Waals surface area contributed by atoms with Gasteiger partial charge in [0.15, 0.2) is 5.78 Å². The molecule has 0 unspecified atom stereocenters. The molecule has 0 aromatic heterocycles. The molecule has 0 spiro atoms. The molecule has 0 aliphatic heterocycles. The lowest BCUT2D eigenvalue weighted by Crippen LogP contribution is -1.95. The molecular weight excluding hydrogens is 254 g/mol. The first-order chi connectivity index (χ1) is 9.20. The summed E-state index contributed by atoms with van der Waals surface area (Å²) < 4.78 is 0. The van der Waals surface area contributed by atoms with Crippen LogP contribution in [0.3, 0.4) is 0 Å². The Morgan fingerprint density at radius 2 is 1.68 bits per heavy atom. The standard InChI is InChI=1S/C16H15NOS/c1-12(18)16(14-5-3-2-4-6-14)11-13-7-9-15(19-17)10-8-13/h2-11H,17H2,1H3/b16-11-. The number of benzene rings is 2. The molecule has 0 atom stereocenters.